The Morgan fingerprint density at radius 2 is 2.20 bits per heavy atom. The topological polar surface area (TPSA) is 85.8 Å². The molecule has 0 atom stereocenters. The van der Waals surface area contributed by atoms with Crippen molar-refractivity contribution in [3.05, 3.63) is 36.5 Å². The van der Waals surface area contributed by atoms with E-state index in [1.165, 1.54) is 12.3 Å². The molecule has 0 saturated heterocycles. The quantitative estimate of drug-likeness (QED) is 0.683. The Kier molecular flexibility index (Phi) is 4.05. The summed E-state index contributed by atoms with van der Waals surface area (Å²) in [6.45, 7) is 5.40. The molecule has 2 N–H and O–H groups in total. The van der Waals surface area contributed by atoms with Gasteiger partial charge in [0.25, 0.3) is 5.95 Å². The van der Waals surface area contributed by atoms with Crippen molar-refractivity contribution in [1.82, 2.24) is 9.97 Å². The fourth-order valence-electron chi connectivity index (χ4n) is 1.69. The molecule has 0 unspecified atom stereocenters. The van der Waals surface area contributed by atoms with E-state index in [0.717, 1.165) is 22.3 Å². The average Bonchev–Trinajstić information content (AvgIpc) is 2.44. The SMILES string of the molecule is C=C/C=N/C(N)=N\c1nc(C)c2ccc(OC)cc2n1. The van der Waals surface area contributed by atoms with Gasteiger partial charge in [0.2, 0.25) is 5.96 Å². The van der Waals surface area contributed by atoms with Crippen LogP contribution in [0.5, 0.6) is 5.75 Å². The van der Waals surface area contributed by atoms with E-state index in [1.807, 2.05) is 25.1 Å². The molecule has 0 fully saturated rings. The monoisotopic (exact) mass is 269 g/mol. The third-order valence-corrected chi connectivity index (χ3v) is 2.61. The number of fused-ring (bicyclic) bond motifs is 1. The van der Waals surface area contributed by atoms with Crippen molar-refractivity contribution >= 4 is 29.0 Å². The minimum absolute atomic E-state index is 0.0755. The molecule has 2 rings (SSSR count). The second-order valence-electron chi connectivity index (χ2n) is 3.98. The molecule has 2 aromatic rings. The number of aryl methyl sites for hydroxylation is 1. The summed E-state index contributed by atoms with van der Waals surface area (Å²) in [4.78, 5) is 16.5. The molecular weight excluding hydrogens is 254 g/mol. The second kappa shape index (κ2) is 5.92. The molecule has 0 amide bonds. The van der Waals surface area contributed by atoms with Crippen molar-refractivity contribution in [3.63, 3.8) is 0 Å². The van der Waals surface area contributed by atoms with Gasteiger partial charge in [0.1, 0.15) is 5.75 Å². The Morgan fingerprint density at radius 3 is 2.90 bits per heavy atom. The molecular formula is C14H15N5O. The van der Waals surface area contributed by atoms with Gasteiger partial charge in [-0.05, 0) is 19.1 Å². The molecule has 0 aliphatic rings. The van der Waals surface area contributed by atoms with Crippen LogP contribution in [0.2, 0.25) is 0 Å². The first-order valence-electron chi connectivity index (χ1n) is 5.95. The molecule has 0 saturated carbocycles. The number of nitrogens with two attached hydrogens (primary N) is 1. The van der Waals surface area contributed by atoms with Gasteiger partial charge in [0, 0.05) is 17.7 Å². The fraction of sp³-hybridized carbons (Fsp3) is 0.143. The lowest BCUT2D eigenvalue weighted by Gasteiger charge is -2.05. The zero-order valence-corrected chi connectivity index (χ0v) is 11.4. The lowest BCUT2D eigenvalue weighted by molar-refractivity contribution is 0.415. The van der Waals surface area contributed by atoms with Gasteiger partial charge in [-0.15, -0.1) is 0 Å². The number of aromatic nitrogens is 2. The maximum Gasteiger partial charge on any atom is 0.253 e. The lowest BCUT2D eigenvalue weighted by atomic mass is 10.2. The molecule has 102 valence electrons. The number of hydrogen-bond donors (Lipinski definition) is 1. The molecule has 20 heavy (non-hydrogen) atoms. The van der Waals surface area contributed by atoms with E-state index in [9.17, 15) is 0 Å². The predicted octanol–water partition coefficient (Wildman–Crippen LogP) is 2.15. The number of nitrogens with zero attached hydrogens (tertiary/aromatic N) is 4. The fourth-order valence-corrected chi connectivity index (χ4v) is 1.69. The van der Waals surface area contributed by atoms with Gasteiger partial charge in [-0.2, -0.15) is 4.99 Å². The molecule has 1 aromatic heterocycles. The summed E-state index contributed by atoms with van der Waals surface area (Å²) in [5.41, 5.74) is 7.20. The highest BCUT2D eigenvalue weighted by atomic mass is 16.5. The molecule has 1 heterocycles. The Morgan fingerprint density at radius 1 is 1.40 bits per heavy atom. The van der Waals surface area contributed by atoms with Crippen LogP contribution in [0.15, 0.2) is 40.8 Å². The maximum absolute atomic E-state index is 5.64. The van der Waals surface area contributed by atoms with Crippen molar-refractivity contribution in [2.24, 2.45) is 15.7 Å². The summed E-state index contributed by atoms with van der Waals surface area (Å²) < 4.78 is 5.18. The van der Waals surface area contributed by atoms with Crippen LogP contribution in [-0.2, 0) is 0 Å². The van der Waals surface area contributed by atoms with Crippen molar-refractivity contribution in [3.8, 4) is 5.75 Å². The Bertz CT molecular complexity index is 706. The van der Waals surface area contributed by atoms with Gasteiger partial charge < -0.3 is 10.5 Å². The van der Waals surface area contributed by atoms with Crippen LogP contribution >= 0.6 is 0 Å². The van der Waals surface area contributed by atoms with E-state index in [1.54, 1.807) is 7.11 Å². The number of allylic oxidation sites excluding steroid dienone is 1. The van der Waals surface area contributed by atoms with Crippen LogP contribution in [0.25, 0.3) is 10.9 Å². The summed E-state index contributed by atoms with van der Waals surface area (Å²) in [6.07, 6.45) is 2.97. The first kappa shape index (κ1) is 13.7. The van der Waals surface area contributed by atoms with Crippen LogP contribution < -0.4 is 10.5 Å². The lowest BCUT2D eigenvalue weighted by Crippen LogP contribution is -2.08. The number of benzene rings is 1. The van der Waals surface area contributed by atoms with E-state index in [4.69, 9.17) is 10.5 Å². The van der Waals surface area contributed by atoms with E-state index in [-0.39, 0.29) is 11.9 Å². The molecule has 1 aromatic carbocycles. The van der Waals surface area contributed by atoms with Crippen molar-refractivity contribution < 1.29 is 4.74 Å². The van der Waals surface area contributed by atoms with Gasteiger partial charge in [0.05, 0.1) is 18.3 Å². The summed E-state index contributed by atoms with van der Waals surface area (Å²) >= 11 is 0. The zero-order chi connectivity index (χ0) is 14.5. The highest BCUT2D eigenvalue weighted by Crippen LogP contribution is 2.23. The predicted molar refractivity (Wildman–Crippen MR) is 80.8 cm³/mol. The number of ether oxygens (including phenoxy) is 1. The first-order valence-corrected chi connectivity index (χ1v) is 5.95. The number of guanidine groups is 1. The minimum Gasteiger partial charge on any atom is -0.497 e. The summed E-state index contributed by atoms with van der Waals surface area (Å²) in [5, 5.41) is 0.943. The smallest absolute Gasteiger partial charge is 0.253 e. The van der Waals surface area contributed by atoms with Gasteiger partial charge in [-0.25, -0.2) is 15.0 Å². The van der Waals surface area contributed by atoms with Crippen molar-refractivity contribution in [2.75, 3.05) is 7.11 Å². The van der Waals surface area contributed by atoms with E-state index >= 15 is 0 Å². The van der Waals surface area contributed by atoms with Gasteiger partial charge in [0.15, 0.2) is 0 Å². The van der Waals surface area contributed by atoms with Crippen molar-refractivity contribution in [2.45, 2.75) is 6.92 Å². The number of hydrogen-bond acceptors (Lipinski definition) is 4. The zero-order valence-electron chi connectivity index (χ0n) is 11.4. The molecule has 0 bridgehead atoms. The molecule has 0 radical (unpaired) electrons. The Labute approximate surface area is 116 Å². The summed E-state index contributed by atoms with van der Waals surface area (Å²) in [6, 6.07) is 5.60. The maximum atomic E-state index is 5.64. The summed E-state index contributed by atoms with van der Waals surface area (Å²) in [5.74, 6) is 1.07. The Balaban J connectivity index is 2.50. The largest absolute Gasteiger partial charge is 0.497 e. The number of aliphatic imine (C=N–C) groups is 2. The highest BCUT2D eigenvalue weighted by molar-refractivity contribution is 5.91. The molecule has 6 nitrogen and oxygen atoms in total. The molecule has 6 heteroatoms. The van der Waals surface area contributed by atoms with E-state index < -0.39 is 0 Å². The third-order valence-electron chi connectivity index (χ3n) is 2.61. The second-order valence-corrected chi connectivity index (χ2v) is 3.98. The normalized spacial score (nSPS) is 12.0. The Hall–Kier alpha value is -2.76. The minimum atomic E-state index is 0.0755. The molecule has 0 spiro atoms. The van der Waals surface area contributed by atoms with Crippen LogP contribution in [0.1, 0.15) is 5.69 Å². The number of methoxy groups -OCH3 is 1. The summed E-state index contributed by atoms with van der Waals surface area (Å²) in [7, 11) is 1.61. The van der Waals surface area contributed by atoms with Gasteiger partial charge in [-0.3, -0.25) is 0 Å². The molecule has 0 aliphatic carbocycles. The van der Waals surface area contributed by atoms with Crippen LogP contribution in [-0.4, -0.2) is 29.3 Å². The molecule has 0 aliphatic heterocycles. The van der Waals surface area contributed by atoms with Crippen LogP contribution in [0, 0.1) is 6.92 Å². The van der Waals surface area contributed by atoms with Gasteiger partial charge >= 0.3 is 0 Å². The standard InChI is InChI=1S/C14H15N5O/c1-4-7-16-13(15)19-14-17-9(2)11-6-5-10(20-3)8-12(11)18-14/h4-8H,1H2,2-3H3,(H2,15,17,18,19)/b16-7+. The number of rotatable bonds is 3. The van der Waals surface area contributed by atoms with Gasteiger partial charge in [-0.1, -0.05) is 12.7 Å². The third kappa shape index (κ3) is 2.97. The van der Waals surface area contributed by atoms with E-state index in [2.05, 4.69) is 26.5 Å². The highest BCUT2D eigenvalue weighted by Gasteiger charge is 2.05. The van der Waals surface area contributed by atoms with E-state index in [0.29, 0.717) is 0 Å². The first-order chi connectivity index (χ1) is 9.63. The van der Waals surface area contributed by atoms with Crippen LogP contribution in [0.3, 0.4) is 0 Å². The van der Waals surface area contributed by atoms with Crippen LogP contribution in [0.4, 0.5) is 5.95 Å². The van der Waals surface area contributed by atoms with Crippen molar-refractivity contribution in [1.29, 1.82) is 0 Å². The average molecular weight is 269 g/mol.